The van der Waals surface area contributed by atoms with E-state index >= 15 is 0 Å². The van der Waals surface area contributed by atoms with Crippen LogP contribution in [0, 0.1) is 11.3 Å². The van der Waals surface area contributed by atoms with Gasteiger partial charge >= 0.3 is 0 Å². The molecular weight excluding hydrogens is 216 g/mol. The quantitative estimate of drug-likeness (QED) is 0.539. The molecule has 2 aliphatic rings. The van der Waals surface area contributed by atoms with E-state index in [2.05, 4.69) is 32.9 Å². The zero-order chi connectivity index (χ0) is 13.6. The zero-order valence-corrected chi connectivity index (χ0v) is 13.2. The summed E-state index contributed by atoms with van der Waals surface area (Å²) in [5, 5.41) is 0. The third-order valence-corrected chi connectivity index (χ3v) is 4.53. The van der Waals surface area contributed by atoms with Gasteiger partial charge in [-0.2, -0.15) is 0 Å². The van der Waals surface area contributed by atoms with E-state index in [0.29, 0.717) is 11.3 Å². The highest BCUT2D eigenvalue weighted by atomic mass is 14.4. The molecule has 0 amide bonds. The third-order valence-electron chi connectivity index (χ3n) is 4.53. The Labute approximate surface area is 115 Å². The van der Waals surface area contributed by atoms with E-state index in [0.717, 1.165) is 0 Å². The van der Waals surface area contributed by atoms with Crippen molar-refractivity contribution in [1.82, 2.24) is 0 Å². The first-order valence-corrected chi connectivity index (χ1v) is 8.03. The summed E-state index contributed by atoms with van der Waals surface area (Å²) in [6.07, 6.45) is 14.7. The van der Waals surface area contributed by atoms with Gasteiger partial charge in [0.15, 0.2) is 0 Å². The number of rotatable bonds is 2. The molecule has 0 N–H and O–H groups in total. The summed E-state index contributed by atoms with van der Waals surface area (Å²) in [4.78, 5) is 0. The molecule has 0 bridgehead atoms. The van der Waals surface area contributed by atoms with Gasteiger partial charge in [0.05, 0.1) is 0 Å². The molecule has 0 heteroatoms. The van der Waals surface area contributed by atoms with E-state index in [1.165, 1.54) is 44.9 Å². The van der Waals surface area contributed by atoms with Gasteiger partial charge in [-0.05, 0) is 42.6 Å². The predicted molar refractivity (Wildman–Crippen MR) is 82.8 cm³/mol. The molecule has 0 heterocycles. The van der Waals surface area contributed by atoms with E-state index in [1.807, 2.05) is 13.8 Å². The van der Waals surface area contributed by atoms with Crippen LogP contribution in [0.15, 0.2) is 23.3 Å². The molecule has 0 spiro atoms. The van der Waals surface area contributed by atoms with Crippen molar-refractivity contribution in [2.75, 3.05) is 0 Å². The lowest BCUT2D eigenvalue weighted by Gasteiger charge is -2.38. The molecule has 0 aromatic rings. The van der Waals surface area contributed by atoms with Crippen LogP contribution < -0.4 is 0 Å². The monoisotopic (exact) mass is 248 g/mol. The van der Waals surface area contributed by atoms with Crippen LogP contribution in [-0.4, -0.2) is 0 Å². The van der Waals surface area contributed by atoms with Gasteiger partial charge in [-0.3, -0.25) is 0 Å². The minimum atomic E-state index is 0.534. The molecule has 0 aromatic carbocycles. The second-order valence-corrected chi connectivity index (χ2v) is 6.19. The van der Waals surface area contributed by atoms with Crippen LogP contribution in [0.4, 0.5) is 0 Å². The molecule has 1 fully saturated rings. The van der Waals surface area contributed by atoms with Crippen LogP contribution in [0.25, 0.3) is 0 Å². The van der Waals surface area contributed by atoms with Gasteiger partial charge in [0.2, 0.25) is 0 Å². The maximum atomic E-state index is 2.53. The highest BCUT2D eigenvalue weighted by Gasteiger charge is 2.31. The Balaban J connectivity index is 0.000000771. The van der Waals surface area contributed by atoms with Gasteiger partial charge in [-0.25, -0.2) is 0 Å². The molecule has 0 nitrogen and oxygen atoms in total. The maximum absolute atomic E-state index is 2.53. The van der Waals surface area contributed by atoms with Crippen molar-refractivity contribution in [2.45, 2.75) is 79.6 Å². The molecule has 0 saturated heterocycles. The van der Waals surface area contributed by atoms with Gasteiger partial charge in [0, 0.05) is 0 Å². The second-order valence-electron chi connectivity index (χ2n) is 6.19. The molecule has 0 radical (unpaired) electrons. The van der Waals surface area contributed by atoms with Crippen molar-refractivity contribution in [2.24, 2.45) is 11.3 Å². The summed E-state index contributed by atoms with van der Waals surface area (Å²) in [6.45, 7) is 11.1. The Morgan fingerprint density at radius 1 is 1.06 bits per heavy atom. The number of hydrogen-bond acceptors (Lipinski definition) is 0. The highest BCUT2D eigenvalue weighted by molar-refractivity contribution is 5.32. The minimum absolute atomic E-state index is 0.534. The Kier molecular flexibility index (Phi) is 6.18. The fraction of sp³-hybridized carbons (Fsp3) is 0.778. The van der Waals surface area contributed by atoms with E-state index in [4.69, 9.17) is 0 Å². The highest BCUT2D eigenvalue weighted by Crippen LogP contribution is 2.45. The lowest BCUT2D eigenvalue weighted by Crippen LogP contribution is -2.24. The van der Waals surface area contributed by atoms with Gasteiger partial charge in [-0.1, -0.05) is 71.6 Å². The van der Waals surface area contributed by atoms with Crippen LogP contribution in [-0.2, 0) is 0 Å². The lowest BCUT2D eigenvalue weighted by atomic mass is 9.67. The molecule has 18 heavy (non-hydrogen) atoms. The fourth-order valence-corrected chi connectivity index (χ4v) is 3.26. The van der Waals surface area contributed by atoms with Crippen molar-refractivity contribution >= 4 is 0 Å². The Bertz CT molecular complexity index is 298. The average molecular weight is 248 g/mol. The lowest BCUT2D eigenvalue weighted by molar-refractivity contribution is 0.259. The van der Waals surface area contributed by atoms with E-state index in [9.17, 15) is 0 Å². The fourth-order valence-electron chi connectivity index (χ4n) is 3.26. The summed E-state index contributed by atoms with van der Waals surface area (Å²) >= 11 is 0. The van der Waals surface area contributed by atoms with Crippen molar-refractivity contribution < 1.29 is 0 Å². The molecule has 2 rings (SSSR count). The zero-order valence-electron chi connectivity index (χ0n) is 13.2. The van der Waals surface area contributed by atoms with Crippen molar-refractivity contribution in [3.05, 3.63) is 23.3 Å². The summed E-state index contributed by atoms with van der Waals surface area (Å²) < 4.78 is 0. The summed E-state index contributed by atoms with van der Waals surface area (Å²) in [5.41, 5.74) is 3.86. The maximum Gasteiger partial charge on any atom is -0.0113 e. The minimum Gasteiger partial charge on any atom is -0.0807 e. The summed E-state index contributed by atoms with van der Waals surface area (Å²) in [5.74, 6) is 0.697. The standard InChI is InChI=1S/C16H26.C2H6/c1-13(2)14-8-7-9-15(12-14)16(3)10-5-4-6-11-16;1-2/h8,12-13H,4-7,9-11H2,1-3H3;1-2H3. The number of allylic oxidation sites excluding steroid dienone is 4. The topological polar surface area (TPSA) is 0 Å². The Morgan fingerprint density at radius 2 is 1.67 bits per heavy atom. The normalized spacial score (nSPS) is 22.8. The largest absolute Gasteiger partial charge is 0.0807 e. The van der Waals surface area contributed by atoms with E-state index in [1.54, 1.807) is 11.1 Å². The first-order chi connectivity index (χ1) is 8.62. The van der Waals surface area contributed by atoms with Crippen molar-refractivity contribution in [3.8, 4) is 0 Å². The molecule has 1 saturated carbocycles. The van der Waals surface area contributed by atoms with Crippen LogP contribution >= 0.6 is 0 Å². The predicted octanol–water partition coefficient (Wildman–Crippen LogP) is 6.29. The molecule has 0 unspecified atom stereocenters. The number of hydrogen-bond donors (Lipinski definition) is 0. The van der Waals surface area contributed by atoms with Gasteiger partial charge in [0.25, 0.3) is 0 Å². The Hall–Kier alpha value is -0.520. The molecule has 0 aliphatic heterocycles. The van der Waals surface area contributed by atoms with E-state index < -0.39 is 0 Å². The van der Waals surface area contributed by atoms with Gasteiger partial charge in [-0.15, -0.1) is 0 Å². The molecule has 0 aromatic heterocycles. The average Bonchev–Trinajstić information content (AvgIpc) is 2.42. The Morgan fingerprint density at radius 3 is 2.22 bits per heavy atom. The first-order valence-electron chi connectivity index (χ1n) is 8.03. The van der Waals surface area contributed by atoms with Crippen LogP contribution in [0.1, 0.15) is 79.6 Å². The van der Waals surface area contributed by atoms with Gasteiger partial charge < -0.3 is 0 Å². The van der Waals surface area contributed by atoms with Crippen molar-refractivity contribution in [3.63, 3.8) is 0 Å². The second kappa shape index (κ2) is 7.16. The summed E-state index contributed by atoms with van der Waals surface area (Å²) in [7, 11) is 0. The molecular formula is C18H32. The van der Waals surface area contributed by atoms with Gasteiger partial charge in [0.1, 0.15) is 0 Å². The molecule has 2 aliphatic carbocycles. The SMILES string of the molecule is CC.CC(C)C1=CCCC(C2(C)CCCCC2)=C1. The van der Waals surface area contributed by atoms with Crippen molar-refractivity contribution in [1.29, 1.82) is 0 Å². The van der Waals surface area contributed by atoms with Crippen LogP contribution in [0.3, 0.4) is 0 Å². The molecule has 0 atom stereocenters. The smallest absolute Gasteiger partial charge is 0.0113 e. The van der Waals surface area contributed by atoms with Crippen LogP contribution in [0.5, 0.6) is 0 Å². The van der Waals surface area contributed by atoms with Crippen LogP contribution in [0.2, 0.25) is 0 Å². The molecule has 104 valence electrons. The van der Waals surface area contributed by atoms with E-state index in [-0.39, 0.29) is 0 Å². The summed E-state index contributed by atoms with van der Waals surface area (Å²) in [6, 6.07) is 0. The third kappa shape index (κ3) is 3.73. The first kappa shape index (κ1) is 15.5.